The average Bonchev–Trinajstić information content (AvgIpc) is 2.31. The molecule has 0 aliphatic heterocycles. The second-order valence-corrected chi connectivity index (χ2v) is 5.23. The summed E-state index contributed by atoms with van der Waals surface area (Å²) in [6.07, 6.45) is 0.829. The first-order valence-corrected chi connectivity index (χ1v) is 6.60. The molecule has 0 saturated carbocycles. The van der Waals surface area contributed by atoms with Crippen molar-refractivity contribution in [2.24, 2.45) is 5.92 Å². The summed E-state index contributed by atoms with van der Waals surface area (Å²) in [5.74, 6) is 0.334. The Labute approximate surface area is 113 Å². The maximum atomic E-state index is 13.1. The van der Waals surface area contributed by atoms with Crippen LogP contribution in [-0.2, 0) is 0 Å². The number of hydrogen-bond donors (Lipinski definition) is 1. The molecule has 4 heteroatoms. The summed E-state index contributed by atoms with van der Waals surface area (Å²) in [6.45, 7) is 5.79. The minimum Gasteiger partial charge on any atom is -0.348 e. The lowest BCUT2D eigenvalue weighted by molar-refractivity contribution is 0.0936. The van der Waals surface area contributed by atoms with E-state index >= 15 is 0 Å². The number of rotatable bonds is 5. The average molecular weight is 272 g/mol. The Balaban J connectivity index is 2.71. The fourth-order valence-corrected chi connectivity index (χ4v) is 1.99. The molecule has 0 heterocycles. The molecular weight excluding hydrogens is 253 g/mol. The van der Waals surface area contributed by atoms with Gasteiger partial charge in [0.15, 0.2) is 0 Å². The Bertz CT molecular complexity index is 420. The van der Waals surface area contributed by atoms with Crippen molar-refractivity contribution < 1.29 is 9.18 Å². The van der Waals surface area contributed by atoms with Gasteiger partial charge < -0.3 is 5.32 Å². The van der Waals surface area contributed by atoms with Gasteiger partial charge in [-0.25, -0.2) is 4.39 Å². The van der Waals surface area contributed by atoms with Gasteiger partial charge in [0.1, 0.15) is 5.82 Å². The van der Waals surface area contributed by atoms with Crippen LogP contribution in [-0.4, -0.2) is 17.8 Å². The normalized spacial score (nSPS) is 12.6. The van der Waals surface area contributed by atoms with Gasteiger partial charge in [0.25, 0.3) is 5.91 Å². The number of nitrogens with one attached hydrogen (secondary N) is 1. The third-order valence-corrected chi connectivity index (χ3v) is 3.07. The molecule has 2 nitrogen and oxygen atoms in total. The number of carbonyl (C=O) groups excluding carboxylic acids is 1. The van der Waals surface area contributed by atoms with E-state index in [9.17, 15) is 9.18 Å². The summed E-state index contributed by atoms with van der Waals surface area (Å²) in [6, 6.07) is 4.29. The molecule has 0 radical (unpaired) electrons. The largest absolute Gasteiger partial charge is 0.348 e. The first-order valence-electron chi connectivity index (χ1n) is 6.07. The SMILES string of the molecule is Cc1cc(C(=O)NC(CCl)CC(C)C)ccc1F. The monoisotopic (exact) mass is 271 g/mol. The van der Waals surface area contributed by atoms with E-state index in [1.165, 1.54) is 12.1 Å². The molecule has 1 amide bonds. The molecule has 0 fully saturated rings. The second kappa shape index (κ2) is 6.74. The van der Waals surface area contributed by atoms with Crippen LogP contribution in [0.4, 0.5) is 4.39 Å². The highest BCUT2D eigenvalue weighted by atomic mass is 35.5. The summed E-state index contributed by atoms with van der Waals surface area (Å²) in [5, 5.41) is 2.87. The van der Waals surface area contributed by atoms with Crippen molar-refractivity contribution >= 4 is 17.5 Å². The van der Waals surface area contributed by atoms with Gasteiger partial charge in [0.05, 0.1) is 0 Å². The van der Waals surface area contributed by atoms with Crippen molar-refractivity contribution in [2.75, 3.05) is 5.88 Å². The number of aryl methyl sites for hydroxylation is 1. The van der Waals surface area contributed by atoms with Gasteiger partial charge in [-0.2, -0.15) is 0 Å². The maximum absolute atomic E-state index is 13.1. The fraction of sp³-hybridized carbons (Fsp3) is 0.500. The van der Waals surface area contributed by atoms with Crippen LogP contribution in [0.2, 0.25) is 0 Å². The molecule has 18 heavy (non-hydrogen) atoms. The zero-order valence-electron chi connectivity index (χ0n) is 11.0. The van der Waals surface area contributed by atoms with Crippen molar-refractivity contribution in [2.45, 2.75) is 33.2 Å². The third kappa shape index (κ3) is 4.30. The van der Waals surface area contributed by atoms with Crippen LogP contribution in [0, 0.1) is 18.7 Å². The summed E-state index contributed by atoms with van der Waals surface area (Å²) in [7, 11) is 0. The van der Waals surface area contributed by atoms with E-state index in [1.807, 2.05) is 0 Å². The highest BCUT2D eigenvalue weighted by molar-refractivity contribution is 6.18. The molecule has 100 valence electrons. The van der Waals surface area contributed by atoms with E-state index < -0.39 is 0 Å². The molecule has 1 aromatic carbocycles. The lowest BCUT2D eigenvalue weighted by Crippen LogP contribution is -2.37. The quantitative estimate of drug-likeness (QED) is 0.816. The van der Waals surface area contributed by atoms with Crippen LogP contribution >= 0.6 is 11.6 Å². The lowest BCUT2D eigenvalue weighted by Gasteiger charge is -2.18. The Hall–Kier alpha value is -1.09. The van der Waals surface area contributed by atoms with E-state index in [-0.39, 0.29) is 17.8 Å². The number of carbonyl (C=O) groups is 1. The molecule has 0 aromatic heterocycles. The van der Waals surface area contributed by atoms with Gasteiger partial charge in [-0.15, -0.1) is 11.6 Å². The standard InChI is InChI=1S/C14H19ClFNO/c1-9(2)6-12(8-15)17-14(18)11-4-5-13(16)10(3)7-11/h4-5,7,9,12H,6,8H2,1-3H3,(H,17,18). The first-order chi connectivity index (χ1) is 8.43. The van der Waals surface area contributed by atoms with Crippen molar-refractivity contribution in [1.29, 1.82) is 0 Å². The predicted octanol–water partition coefficient (Wildman–Crippen LogP) is 3.52. The molecule has 0 aliphatic rings. The molecule has 1 aromatic rings. The van der Waals surface area contributed by atoms with Gasteiger partial charge in [0.2, 0.25) is 0 Å². The molecule has 0 bridgehead atoms. The van der Waals surface area contributed by atoms with E-state index in [1.54, 1.807) is 13.0 Å². The van der Waals surface area contributed by atoms with Crippen molar-refractivity contribution in [1.82, 2.24) is 5.32 Å². The van der Waals surface area contributed by atoms with Gasteiger partial charge in [-0.05, 0) is 43.0 Å². The van der Waals surface area contributed by atoms with Crippen LogP contribution in [0.1, 0.15) is 36.2 Å². The van der Waals surface area contributed by atoms with E-state index in [0.29, 0.717) is 22.9 Å². The number of benzene rings is 1. The molecule has 1 unspecified atom stereocenters. The molecule has 1 rings (SSSR count). The minimum absolute atomic E-state index is 0.0514. The molecule has 1 N–H and O–H groups in total. The Morgan fingerprint density at radius 1 is 1.44 bits per heavy atom. The topological polar surface area (TPSA) is 29.1 Å². The number of alkyl halides is 1. The van der Waals surface area contributed by atoms with E-state index in [0.717, 1.165) is 6.42 Å². The van der Waals surface area contributed by atoms with Crippen molar-refractivity contribution in [3.05, 3.63) is 35.1 Å². The Kier molecular flexibility index (Phi) is 5.60. The highest BCUT2D eigenvalue weighted by Crippen LogP contribution is 2.11. The summed E-state index contributed by atoms with van der Waals surface area (Å²) >= 11 is 5.82. The smallest absolute Gasteiger partial charge is 0.251 e. The number of hydrogen-bond acceptors (Lipinski definition) is 1. The predicted molar refractivity (Wildman–Crippen MR) is 72.6 cm³/mol. The third-order valence-electron chi connectivity index (χ3n) is 2.70. The van der Waals surface area contributed by atoms with E-state index in [2.05, 4.69) is 19.2 Å². The van der Waals surface area contributed by atoms with Crippen molar-refractivity contribution in [3.63, 3.8) is 0 Å². The summed E-state index contributed by atoms with van der Waals surface area (Å²) < 4.78 is 13.1. The second-order valence-electron chi connectivity index (χ2n) is 4.92. The minimum atomic E-state index is -0.303. The van der Waals surface area contributed by atoms with Crippen LogP contribution in [0.5, 0.6) is 0 Å². The summed E-state index contributed by atoms with van der Waals surface area (Å²) in [5.41, 5.74) is 0.932. The van der Waals surface area contributed by atoms with Crippen molar-refractivity contribution in [3.8, 4) is 0 Å². The molecule has 1 atom stereocenters. The van der Waals surface area contributed by atoms with Gasteiger partial charge >= 0.3 is 0 Å². The number of amides is 1. The number of halogens is 2. The highest BCUT2D eigenvalue weighted by Gasteiger charge is 2.14. The zero-order chi connectivity index (χ0) is 13.7. The molecule has 0 saturated heterocycles. The Morgan fingerprint density at radius 3 is 2.61 bits per heavy atom. The summed E-state index contributed by atoms with van der Waals surface area (Å²) in [4.78, 5) is 12.0. The van der Waals surface area contributed by atoms with Crippen LogP contribution in [0.25, 0.3) is 0 Å². The molecular formula is C14H19ClFNO. The Morgan fingerprint density at radius 2 is 2.11 bits per heavy atom. The van der Waals surface area contributed by atoms with E-state index in [4.69, 9.17) is 11.6 Å². The zero-order valence-corrected chi connectivity index (χ0v) is 11.7. The molecule has 0 aliphatic carbocycles. The van der Waals surface area contributed by atoms with Crippen LogP contribution in [0.3, 0.4) is 0 Å². The molecule has 0 spiro atoms. The lowest BCUT2D eigenvalue weighted by atomic mass is 10.0. The van der Waals surface area contributed by atoms with Gasteiger partial charge in [0, 0.05) is 17.5 Å². The first kappa shape index (κ1) is 15.0. The van der Waals surface area contributed by atoms with Gasteiger partial charge in [-0.3, -0.25) is 4.79 Å². The van der Waals surface area contributed by atoms with Gasteiger partial charge in [-0.1, -0.05) is 13.8 Å². The van der Waals surface area contributed by atoms with Crippen LogP contribution < -0.4 is 5.32 Å². The fourth-order valence-electron chi connectivity index (χ4n) is 1.78. The van der Waals surface area contributed by atoms with Crippen LogP contribution in [0.15, 0.2) is 18.2 Å². The maximum Gasteiger partial charge on any atom is 0.251 e.